The molecular weight excluding hydrogens is 524 g/mol. The molecule has 3 N–H and O–H groups in total. The smallest absolute Gasteiger partial charge is 0.478 e. The molecule has 0 spiro atoms. The molecular formula is C26H34F4N4O5. The van der Waals surface area contributed by atoms with Gasteiger partial charge < -0.3 is 30.1 Å². The number of alkyl halides is 3. The van der Waals surface area contributed by atoms with Gasteiger partial charge in [-0.25, -0.2) is 19.0 Å². The summed E-state index contributed by atoms with van der Waals surface area (Å²) < 4.78 is 50.1. The van der Waals surface area contributed by atoms with Gasteiger partial charge in [0.05, 0.1) is 12.7 Å². The zero-order chi connectivity index (χ0) is 29.0. The van der Waals surface area contributed by atoms with E-state index in [0.29, 0.717) is 38.0 Å². The third-order valence-electron chi connectivity index (χ3n) is 6.05. The summed E-state index contributed by atoms with van der Waals surface area (Å²) in [7, 11) is 1.82. The fraction of sp³-hybridized carbons (Fsp3) is 0.500. The molecule has 39 heavy (non-hydrogen) atoms. The Labute approximate surface area is 224 Å². The maximum absolute atomic E-state index is 13.1. The molecule has 216 valence electrons. The number of carbonyl (C=O) groups excluding carboxylic acids is 1. The summed E-state index contributed by atoms with van der Waals surface area (Å²) in [6.45, 7) is 5.87. The summed E-state index contributed by atoms with van der Waals surface area (Å²) in [6, 6.07) is 9.60. The molecule has 0 aliphatic carbocycles. The molecule has 2 amide bonds. The lowest BCUT2D eigenvalue weighted by molar-refractivity contribution is -0.192. The number of β-amino-alcohol motifs (C(OH)–C–C–N with tert-alkyl or cyclic N) is 1. The number of rotatable bonds is 9. The molecule has 1 aromatic carbocycles. The van der Waals surface area contributed by atoms with Gasteiger partial charge in [0.2, 0.25) is 5.88 Å². The number of carbonyl (C=O) groups is 2. The van der Waals surface area contributed by atoms with Crippen LogP contribution in [0.2, 0.25) is 0 Å². The van der Waals surface area contributed by atoms with Crippen LogP contribution < -0.4 is 10.1 Å². The average molecular weight is 559 g/mol. The van der Waals surface area contributed by atoms with Gasteiger partial charge >= 0.3 is 18.2 Å². The summed E-state index contributed by atoms with van der Waals surface area (Å²) in [4.78, 5) is 29.5. The van der Waals surface area contributed by atoms with Crippen molar-refractivity contribution in [2.75, 3.05) is 39.8 Å². The predicted molar refractivity (Wildman–Crippen MR) is 134 cm³/mol. The second kappa shape index (κ2) is 15.2. The molecule has 1 unspecified atom stereocenters. The number of urea groups is 1. The maximum Gasteiger partial charge on any atom is 0.490 e. The van der Waals surface area contributed by atoms with Crippen molar-refractivity contribution in [3.8, 4) is 5.88 Å². The van der Waals surface area contributed by atoms with E-state index in [1.54, 1.807) is 29.3 Å². The van der Waals surface area contributed by atoms with Crippen LogP contribution >= 0.6 is 0 Å². The van der Waals surface area contributed by atoms with E-state index in [-0.39, 0.29) is 11.8 Å². The van der Waals surface area contributed by atoms with Crippen molar-refractivity contribution in [1.82, 2.24) is 20.1 Å². The Morgan fingerprint density at radius 1 is 1.18 bits per heavy atom. The number of ether oxygens (including phenoxy) is 1. The first-order valence-corrected chi connectivity index (χ1v) is 12.4. The lowest BCUT2D eigenvalue weighted by Crippen LogP contribution is -2.43. The number of carboxylic acids is 1. The number of aliphatic hydroxyl groups is 1. The monoisotopic (exact) mass is 558 g/mol. The van der Waals surface area contributed by atoms with Gasteiger partial charge in [-0.2, -0.15) is 13.2 Å². The lowest BCUT2D eigenvalue weighted by Gasteiger charge is -2.34. The first-order chi connectivity index (χ1) is 18.4. The number of halogens is 4. The van der Waals surface area contributed by atoms with E-state index in [9.17, 15) is 27.5 Å². The van der Waals surface area contributed by atoms with E-state index in [0.717, 1.165) is 37.1 Å². The van der Waals surface area contributed by atoms with Gasteiger partial charge in [0.25, 0.3) is 0 Å². The minimum atomic E-state index is -5.08. The fourth-order valence-corrected chi connectivity index (χ4v) is 3.92. The molecule has 0 saturated carbocycles. The molecule has 1 saturated heterocycles. The second-order valence-electron chi connectivity index (χ2n) is 9.09. The molecule has 13 heteroatoms. The summed E-state index contributed by atoms with van der Waals surface area (Å²) in [6.07, 6.45) is -2.06. The van der Waals surface area contributed by atoms with Crippen molar-refractivity contribution >= 4 is 12.0 Å². The lowest BCUT2D eigenvalue weighted by atomic mass is 9.95. The normalized spacial score (nSPS) is 15.1. The van der Waals surface area contributed by atoms with E-state index in [2.05, 4.69) is 15.2 Å². The Morgan fingerprint density at radius 3 is 2.31 bits per heavy atom. The molecule has 1 aliphatic heterocycles. The highest BCUT2D eigenvalue weighted by Gasteiger charge is 2.38. The number of aliphatic hydroxyl groups excluding tert-OH is 1. The number of aromatic nitrogens is 1. The van der Waals surface area contributed by atoms with Crippen LogP contribution in [0.25, 0.3) is 0 Å². The molecule has 2 aromatic rings. The van der Waals surface area contributed by atoms with Crippen LogP contribution in [0, 0.1) is 11.7 Å². The van der Waals surface area contributed by atoms with Gasteiger partial charge in [0.15, 0.2) is 0 Å². The number of carboxylic acid groups (broad SMARTS) is 1. The number of piperidine rings is 1. The Balaban J connectivity index is 0.000000673. The number of pyridine rings is 1. The van der Waals surface area contributed by atoms with Crippen molar-refractivity contribution in [1.29, 1.82) is 0 Å². The summed E-state index contributed by atoms with van der Waals surface area (Å²) in [5.74, 6) is -2.05. The number of amides is 2. The van der Waals surface area contributed by atoms with Crippen molar-refractivity contribution in [3.05, 3.63) is 59.5 Å². The quantitative estimate of drug-likeness (QED) is 0.401. The molecule has 9 nitrogen and oxygen atoms in total. The molecule has 3 rings (SSSR count). The number of nitrogens with one attached hydrogen (secondary N) is 1. The number of likely N-dealkylation sites (tertiary alicyclic amines) is 1. The Morgan fingerprint density at radius 2 is 1.79 bits per heavy atom. The molecule has 0 radical (unpaired) electrons. The highest BCUT2D eigenvalue weighted by Crippen LogP contribution is 2.22. The molecule has 1 atom stereocenters. The zero-order valence-corrected chi connectivity index (χ0v) is 21.8. The summed E-state index contributed by atoms with van der Waals surface area (Å²) in [5, 5.41) is 20.5. The Kier molecular flexibility index (Phi) is 12.4. The van der Waals surface area contributed by atoms with Crippen molar-refractivity contribution in [2.45, 2.75) is 38.6 Å². The van der Waals surface area contributed by atoms with E-state index in [4.69, 9.17) is 14.6 Å². The van der Waals surface area contributed by atoms with Crippen LogP contribution in [-0.2, 0) is 11.3 Å². The minimum absolute atomic E-state index is 0.104. The third-order valence-corrected chi connectivity index (χ3v) is 6.05. The fourth-order valence-electron chi connectivity index (χ4n) is 3.92. The number of hydrogen-bond donors (Lipinski definition) is 3. The predicted octanol–water partition coefficient (Wildman–Crippen LogP) is 3.84. The molecule has 1 aliphatic rings. The largest absolute Gasteiger partial charge is 0.490 e. The van der Waals surface area contributed by atoms with Gasteiger partial charge in [-0.3, -0.25) is 0 Å². The van der Waals surface area contributed by atoms with Crippen LogP contribution in [-0.4, -0.2) is 83.0 Å². The number of hydrogen-bond acceptors (Lipinski definition) is 6. The molecule has 0 bridgehead atoms. The van der Waals surface area contributed by atoms with Crippen molar-refractivity contribution < 1.29 is 42.1 Å². The topological polar surface area (TPSA) is 115 Å². The van der Waals surface area contributed by atoms with Gasteiger partial charge in [-0.15, -0.1) is 0 Å². The van der Waals surface area contributed by atoms with Crippen LogP contribution in [0.3, 0.4) is 0 Å². The maximum atomic E-state index is 13.1. The van der Waals surface area contributed by atoms with Crippen molar-refractivity contribution in [2.24, 2.45) is 5.92 Å². The van der Waals surface area contributed by atoms with E-state index in [1.807, 2.05) is 20.0 Å². The van der Waals surface area contributed by atoms with Gasteiger partial charge in [-0.1, -0.05) is 18.2 Å². The van der Waals surface area contributed by atoms with E-state index in [1.165, 1.54) is 12.1 Å². The van der Waals surface area contributed by atoms with Crippen LogP contribution in [0.1, 0.15) is 37.0 Å². The van der Waals surface area contributed by atoms with Crippen LogP contribution in [0.4, 0.5) is 22.4 Å². The molecule has 1 aromatic heterocycles. The standard InChI is InChI=1S/C24H33FN4O3.C2HF3O2/c1-3-32-23-9-4-19(14-26-23)15-27-24(31)28(2)16-18-10-12-29(13-11-18)17-22(30)20-5-7-21(25)8-6-20;3-2(4,5)1(6)7/h4-9,14,18,22,30H,3,10-13,15-17H2,1-2H3,(H,27,31);(H,6,7). The Hall–Kier alpha value is -3.45. The van der Waals surface area contributed by atoms with Crippen LogP contribution in [0.15, 0.2) is 42.6 Å². The number of nitrogens with zero attached hydrogens (tertiary/aromatic N) is 3. The molecule has 1 fully saturated rings. The highest BCUT2D eigenvalue weighted by atomic mass is 19.4. The highest BCUT2D eigenvalue weighted by molar-refractivity contribution is 5.74. The average Bonchev–Trinajstić information content (AvgIpc) is 2.89. The Bertz CT molecular complexity index is 1030. The minimum Gasteiger partial charge on any atom is -0.478 e. The van der Waals surface area contributed by atoms with Gasteiger partial charge in [-0.05, 0) is 62.0 Å². The van der Waals surface area contributed by atoms with Crippen molar-refractivity contribution in [3.63, 3.8) is 0 Å². The van der Waals surface area contributed by atoms with E-state index >= 15 is 0 Å². The summed E-state index contributed by atoms with van der Waals surface area (Å²) >= 11 is 0. The SMILES string of the molecule is CCOc1ccc(CNC(=O)N(C)CC2CCN(CC(O)c3ccc(F)cc3)CC2)cn1.O=C(O)C(F)(F)F. The van der Waals surface area contributed by atoms with Gasteiger partial charge in [0, 0.05) is 38.9 Å². The number of aliphatic carboxylic acids is 1. The third kappa shape index (κ3) is 11.4. The first-order valence-electron chi connectivity index (χ1n) is 12.4. The summed E-state index contributed by atoms with van der Waals surface area (Å²) in [5.41, 5.74) is 1.65. The number of benzene rings is 1. The molecule has 2 heterocycles. The second-order valence-corrected chi connectivity index (χ2v) is 9.09. The van der Waals surface area contributed by atoms with Gasteiger partial charge in [0.1, 0.15) is 5.82 Å². The van der Waals surface area contributed by atoms with Crippen LogP contribution in [0.5, 0.6) is 5.88 Å². The van der Waals surface area contributed by atoms with E-state index < -0.39 is 18.2 Å². The first kappa shape index (κ1) is 31.8. The zero-order valence-electron chi connectivity index (χ0n) is 21.8.